The van der Waals surface area contributed by atoms with Gasteiger partial charge < -0.3 is 19.3 Å². The number of aromatic nitrogens is 3. The zero-order chi connectivity index (χ0) is 21.8. The van der Waals surface area contributed by atoms with Gasteiger partial charge in [0.2, 0.25) is 11.8 Å². The van der Waals surface area contributed by atoms with Gasteiger partial charge in [-0.05, 0) is 38.7 Å². The first-order chi connectivity index (χ1) is 15.0. The second-order valence-electron chi connectivity index (χ2n) is 7.41. The van der Waals surface area contributed by atoms with Crippen LogP contribution in [0.15, 0.2) is 41.2 Å². The van der Waals surface area contributed by atoms with Crippen molar-refractivity contribution in [2.24, 2.45) is 0 Å². The summed E-state index contributed by atoms with van der Waals surface area (Å²) in [6, 6.07) is 7.30. The van der Waals surface area contributed by atoms with E-state index >= 15 is 0 Å². The van der Waals surface area contributed by atoms with E-state index < -0.39 is 0 Å². The van der Waals surface area contributed by atoms with Gasteiger partial charge in [-0.15, -0.1) is 0 Å². The highest BCUT2D eigenvalue weighted by Crippen LogP contribution is 2.31. The molecule has 1 fully saturated rings. The first-order valence-electron chi connectivity index (χ1n) is 10.1. The first kappa shape index (κ1) is 21.1. The number of benzene rings is 1. The summed E-state index contributed by atoms with van der Waals surface area (Å²) >= 11 is 6.29. The maximum atomic E-state index is 13.0. The Bertz CT molecular complexity index is 1060. The molecule has 0 bridgehead atoms. The number of nitrogens with zero attached hydrogens (tertiary/aromatic N) is 3. The van der Waals surface area contributed by atoms with Gasteiger partial charge in [-0.25, -0.2) is 0 Å². The lowest BCUT2D eigenvalue weighted by Crippen LogP contribution is -2.40. The Kier molecular flexibility index (Phi) is 6.36. The number of halogens is 1. The molecule has 0 aliphatic heterocycles. The van der Waals surface area contributed by atoms with Crippen LogP contribution in [-0.4, -0.2) is 40.3 Å². The number of hydrogen-bond donors (Lipinski definition) is 1. The van der Waals surface area contributed by atoms with Crippen LogP contribution in [0, 0.1) is 6.92 Å². The summed E-state index contributed by atoms with van der Waals surface area (Å²) in [5.74, 6) is 1.10. The average molecular weight is 443 g/mol. The minimum atomic E-state index is -0.211. The Hall–Kier alpha value is -3.13. The normalized spacial score (nSPS) is 18.4. The highest BCUT2D eigenvalue weighted by molar-refractivity contribution is 6.33. The Labute approximate surface area is 184 Å². The van der Waals surface area contributed by atoms with Crippen LogP contribution in [0.5, 0.6) is 11.8 Å². The van der Waals surface area contributed by atoms with Gasteiger partial charge >= 0.3 is 0 Å². The van der Waals surface area contributed by atoms with Crippen molar-refractivity contribution >= 4 is 17.5 Å². The van der Waals surface area contributed by atoms with Gasteiger partial charge in [-0.1, -0.05) is 35.0 Å². The van der Waals surface area contributed by atoms with Crippen LogP contribution in [0.2, 0.25) is 5.02 Å². The van der Waals surface area contributed by atoms with Crippen LogP contribution in [-0.2, 0) is 0 Å². The lowest BCUT2D eigenvalue weighted by atomic mass is 9.92. The fourth-order valence-corrected chi connectivity index (χ4v) is 3.94. The highest BCUT2D eigenvalue weighted by atomic mass is 35.5. The van der Waals surface area contributed by atoms with Crippen LogP contribution in [0.25, 0.3) is 11.3 Å². The molecule has 9 heteroatoms. The molecule has 1 amide bonds. The number of nitrogens with one attached hydrogen (secondary N) is 1. The molecule has 0 unspecified atom stereocenters. The van der Waals surface area contributed by atoms with Crippen molar-refractivity contribution in [2.75, 3.05) is 7.11 Å². The predicted octanol–water partition coefficient (Wildman–Crippen LogP) is 4.22. The fourth-order valence-electron chi connectivity index (χ4n) is 3.72. The van der Waals surface area contributed by atoms with Crippen molar-refractivity contribution < 1.29 is 18.8 Å². The number of ether oxygens (including phenoxy) is 2. The average Bonchev–Trinajstić information content (AvgIpc) is 3.17. The van der Waals surface area contributed by atoms with E-state index in [0.717, 1.165) is 25.7 Å². The molecule has 3 aromatic rings. The maximum Gasteiger partial charge on any atom is 0.257 e. The molecule has 8 nitrogen and oxygen atoms in total. The minimum Gasteiger partial charge on any atom is -0.480 e. The number of amides is 1. The Morgan fingerprint density at radius 1 is 1.16 bits per heavy atom. The molecular weight excluding hydrogens is 420 g/mol. The third-order valence-corrected chi connectivity index (χ3v) is 5.64. The largest absolute Gasteiger partial charge is 0.480 e. The Balaban J connectivity index is 1.38. The number of carbonyl (C=O) groups excluding carboxylic acids is 1. The van der Waals surface area contributed by atoms with Crippen molar-refractivity contribution in [1.29, 1.82) is 0 Å². The lowest BCUT2D eigenvalue weighted by molar-refractivity contribution is 0.0888. The molecule has 31 heavy (non-hydrogen) atoms. The standard InChI is InChI=1S/C22H23ClN4O4/c1-13-20(21(27-31-13)16-5-3-4-6-17(16)23)22(28)25-14-7-9-15(10-8-14)30-19-12-24-11-18(26-19)29-2/h3-6,11-12,14-15H,7-10H2,1-2H3,(H,25,28). The third kappa shape index (κ3) is 4.80. The number of rotatable bonds is 6. The van der Waals surface area contributed by atoms with Gasteiger partial charge in [0.25, 0.3) is 5.91 Å². The molecule has 2 aromatic heterocycles. The predicted molar refractivity (Wildman–Crippen MR) is 114 cm³/mol. The SMILES string of the molecule is COc1cncc(OC2CCC(NC(=O)c3c(-c4ccccc4Cl)noc3C)CC2)n1. The molecule has 2 heterocycles. The van der Waals surface area contributed by atoms with Gasteiger partial charge in [0.15, 0.2) is 0 Å². The van der Waals surface area contributed by atoms with Crippen molar-refractivity contribution in [3.8, 4) is 23.0 Å². The van der Waals surface area contributed by atoms with E-state index in [9.17, 15) is 4.79 Å². The number of aryl methyl sites for hydroxylation is 1. The summed E-state index contributed by atoms with van der Waals surface area (Å²) in [5, 5.41) is 7.70. The van der Waals surface area contributed by atoms with Gasteiger partial charge in [0.05, 0.1) is 24.5 Å². The monoisotopic (exact) mass is 442 g/mol. The summed E-state index contributed by atoms with van der Waals surface area (Å²) in [7, 11) is 1.54. The fraction of sp³-hybridized carbons (Fsp3) is 0.364. The van der Waals surface area contributed by atoms with Gasteiger partial charge in [-0.2, -0.15) is 4.98 Å². The minimum absolute atomic E-state index is 0.0190. The first-order valence-corrected chi connectivity index (χ1v) is 10.5. The van der Waals surface area contributed by atoms with E-state index in [0.29, 0.717) is 39.4 Å². The zero-order valence-electron chi connectivity index (χ0n) is 17.3. The molecule has 162 valence electrons. The molecule has 1 N–H and O–H groups in total. The molecule has 0 spiro atoms. The summed E-state index contributed by atoms with van der Waals surface area (Å²) in [4.78, 5) is 21.3. The van der Waals surface area contributed by atoms with Crippen molar-refractivity contribution in [3.05, 3.63) is 53.0 Å². The second-order valence-corrected chi connectivity index (χ2v) is 7.81. The lowest BCUT2D eigenvalue weighted by Gasteiger charge is -2.29. The topological polar surface area (TPSA) is 99.4 Å². The molecule has 0 saturated heterocycles. The Morgan fingerprint density at radius 2 is 1.90 bits per heavy atom. The van der Waals surface area contributed by atoms with Crippen molar-refractivity contribution in [2.45, 2.75) is 44.8 Å². The van der Waals surface area contributed by atoms with Gasteiger partial charge in [0.1, 0.15) is 23.1 Å². The second kappa shape index (κ2) is 9.34. The van der Waals surface area contributed by atoms with Gasteiger partial charge in [-0.3, -0.25) is 9.78 Å². The van der Waals surface area contributed by atoms with E-state index in [1.54, 1.807) is 19.2 Å². The maximum absolute atomic E-state index is 13.0. The van der Waals surface area contributed by atoms with E-state index in [2.05, 4.69) is 20.4 Å². The summed E-state index contributed by atoms with van der Waals surface area (Å²) in [6.07, 6.45) is 6.29. The molecule has 1 saturated carbocycles. The molecular formula is C22H23ClN4O4. The van der Waals surface area contributed by atoms with Crippen LogP contribution in [0.4, 0.5) is 0 Å². The summed E-state index contributed by atoms with van der Waals surface area (Å²) in [5.41, 5.74) is 1.54. The van der Waals surface area contributed by atoms with Crippen molar-refractivity contribution in [1.82, 2.24) is 20.4 Å². The molecule has 0 radical (unpaired) electrons. The van der Waals surface area contributed by atoms with Crippen LogP contribution in [0.1, 0.15) is 41.8 Å². The molecule has 4 rings (SSSR count). The quantitative estimate of drug-likeness (QED) is 0.609. The summed E-state index contributed by atoms with van der Waals surface area (Å²) < 4.78 is 16.3. The summed E-state index contributed by atoms with van der Waals surface area (Å²) in [6.45, 7) is 1.72. The molecule has 0 atom stereocenters. The van der Waals surface area contributed by atoms with E-state index in [1.165, 1.54) is 13.3 Å². The zero-order valence-corrected chi connectivity index (χ0v) is 18.1. The molecule has 1 aliphatic carbocycles. The van der Waals surface area contributed by atoms with Crippen LogP contribution >= 0.6 is 11.6 Å². The van der Waals surface area contributed by atoms with Crippen molar-refractivity contribution in [3.63, 3.8) is 0 Å². The molecule has 1 aromatic carbocycles. The van der Waals surface area contributed by atoms with E-state index in [1.807, 2.05) is 18.2 Å². The van der Waals surface area contributed by atoms with E-state index in [-0.39, 0.29) is 18.1 Å². The van der Waals surface area contributed by atoms with Crippen LogP contribution < -0.4 is 14.8 Å². The highest BCUT2D eigenvalue weighted by Gasteiger charge is 2.28. The number of carbonyl (C=O) groups is 1. The smallest absolute Gasteiger partial charge is 0.257 e. The number of hydrogen-bond acceptors (Lipinski definition) is 7. The van der Waals surface area contributed by atoms with Crippen LogP contribution in [0.3, 0.4) is 0 Å². The number of methoxy groups -OCH3 is 1. The Morgan fingerprint density at radius 3 is 2.65 bits per heavy atom. The third-order valence-electron chi connectivity index (χ3n) is 5.32. The van der Waals surface area contributed by atoms with E-state index in [4.69, 9.17) is 25.6 Å². The van der Waals surface area contributed by atoms with Gasteiger partial charge in [0, 0.05) is 11.6 Å². The molecule has 1 aliphatic rings.